The van der Waals surface area contributed by atoms with E-state index in [1.54, 1.807) is 0 Å². The molecule has 0 aliphatic rings. The largest absolute Gasteiger partial charge is 0.480 e. The van der Waals surface area contributed by atoms with Crippen LogP contribution >= 0.6 is 0 Å². The lowest BCUT2D eigenvalue weighted by molar-refractivity contribution is -0.140. The Bertz CT molecular complexity index is 406. The molecule has 0 aromatic heterocycles. The molecular weight excluding hydrogens is 244 g/mol. The number of amides is 1. The predicted octanol–water partition coefficient (Wildman–Crippen LogP) is 0.927. The van der Waals surface area contributed by atoms with E-state index < -0.39 is 12.0 Å². The van der Waals surface area contributed by atoms with Crippen molar-refractivity contribution in [1.29, 1.82) is 0 Å². The summed E-state index contributed by atoms with van der Waals surface area (Å²) in [7, 11) is 0. The van der Waals surface area contributed by atoms with Gasteiger partial charge in [-0.1, -0.05) is 30.3 Å². The van der Waals surface area contributed by atoms with Crippen LogP contribution in [0, 0.1) is 0 Å². The summed E-state index contributed by atoms with van der Waals surface area (Å²) in [6.07, 6.45) is 2.65. The van der Waals surface area contributed by atoms with Crippen LogP contribution in [0.2, 0.25) is 0 Å². The first-order valence-electron chi connectivity index (χ1n) is 6.38. The first-order valence-corrected chi connectivity index (χ1v) is 6.38. The van der Waals surface area contributed by atoms with Gasteiger partial charge in [0, 0.05) is 6.54 Å². The number of nitrogens with one attached hydrogen (secondary N) is 1. The van der Waals surface area contributed by atoms with E-state index in [4.69, 9.17) is 10.8 Å². The van der Waals surface area contributed by atoms with Crippen molar-refractivity contribution in [3.05, 3.63) is 35.9 Å². The maximum Gasteiger partial charge on any atom is 0.321 e. The van der Waals surface area contributed by atoms with E-state index in [1.807, 2.05) is 18.2 Å². The summed E-state index contributed by atoms with van der Waals surface area (Å²) < 4.78 is 0. The van der Waals surface area contributed by atoms with Gasteiger partial charge < -0.3 is 16.2 Å². The number of carbonyl (C=O) groups is 2. The summed E-state index contributed by atoms with van der Waals surface area (Å²) in [5.41, 5.74) is 6.54. The maximum atomic E-state index is 11.3. The number of hydrogen-bond donors (Lipinski definition) is 3. The van der Waals surface area contributed by atoms with Crippen LogP contribution in [0.3, 0.4) is 0 Å². The summed E-state index contributed by atoms with van der Waals surface area (Å²) in [5.74, 6) is -1.46. The number of carboxylic acid groups (broad SMARTS) is 1. The minimum Gasteiger partial charge on any atom is -0.480 e. The van der Waals surface area contributed by atoms with Crippen LogP contribution in [0.25, 0.3) is 0 Å². The number of benzene rings is 1. The van der Waals surface area contributed by atoms with Crippen molar-refractivity contribution in [2.24, 2.45) is 5.73 Å². The smallest absolute Gasteiger partial charge is 0.321 e. The lowest BCUT2D eigenvalue weighted by Gasteiger charge is -2.07. The summed E-state index contributed by atoms with van der Waals surface area (Å²) in [4.78, 5) is 21.8. The lowest BCUT2D eigenvalue weighted by atomic mass is 10.1. The standard InChI is InChI=1S/C14H20N2O3/c15-12(14(18)19)10-13(17)16-9-5-4-8-11-6-2-1-3-7-11/h1-3,6-7,12H,4-5,8-10,15H2,(H,16,17)(H,18,19)/t12-/m0/s1. The molecule has 0 heterocycles. The summed E-state index contributed by atoms with van der Waals surface area (Å²) in [6, 6.07) is 9.02. The van der Waals surface area contributed by atoms with Gasteiger partial charge >= 0.3 is 5.97 Å². The first-order chi connectivity index (χ1) is 9.09. The van der Waals surface area contributed by atoms with E-state index in [9.17, 15) is 9.59 Å². The molecule has 104 valence electrons. The van der Waals surface area contributed by atoms with Crippen molar-refractivity contribution >= 4 is 11.9 Å². The van der Waals surface area contributed by atoms with Crippen molar-refractivity contribution < 1.29 is 14.7 Å². The molecule has 0 fully saturated rings. The zero-order chi connectivity index (χ0) is 14.1. The van der Waals surface area contributed by atoms with E-state index in [-0.39, 0.29) is 12.3 Å². The normalized spacial score (nSPS) is 11.8. The highest BCUT2D eigenvalue weighted by Gasteiger charge is 2.15. The van der Waals surface area contributed by atoms with Crippen LogP contribution in [0.5, 0.6) is 0 Å². The van der Waals surface area contributed by atoms with Crippen LogP contribution in [0.15, 0.2) is 30.3 Å². The van der Waals surface area contributed by atoms with Crippen LogP contribution < -0.4 is 11.1 Å². The quantitative estimate of drug-likeness (QED) is 0.609. The minimum atomic E-state index is -1.15. The van der Waals surface area contributed by atoms with Gasteiger partial charge in [-0.3, -0.25) is 9.59 Å². The molecule has 0 aliphatic heterocycles. The predicted molar refractivity (Wildman–Crippen MR) is 72.6 cm³/mol. The van der Waals surface area contributed by atoms with Gasteiger partial charge in [-0.25, -0.2) is 0 Å². The second-order valence-corrected chi connectivity index (χ2v) is 4.44. The summed E-state index contributed by atoms with van der Waals surface area (Å²) in [6.45, 7) is 0.554. The van der Waals surface area contributed by atoms with Crippen LogP contribution in [-0.2, 0) is 16.0 Å². The highest BCUT2D eigenvalue weighted by atomic mass is 16.4. The topological polar surface area (TPSA) is 92.4 Å². The molecule has 4 N–H and O–H groups in total. The van der Waals surface area contributed by atoms with Gasteiger partial charge in [0.15, 0.2) is 0 Å². The van der Waals surface area contributed by atoms with Gasteiger partial charge in [-0.15, -0.1) is 0 Å². The Morgan fingerprint density at radius 2 is 1.89 bits per heavy atom. The highest BCUT2D eigenvalue weighted by molar-refractivity contribution is 5.84. The van der Waals surface area contributed by atoms with E-state index in [1.165, 1.54) is 5.56 Å². The second kappa shape index (κ2) is 8.26. The molecule has 0 unspecified atom stereocenters. The molecule has 0 spiro atoms. The molecule has 0 saturated carbocycles. The molecule has 5 nitrogen and oxygen atoms in total. The average Bonchev–Trinajstić information content (AvgIpc) is 2.39. The summed E-state index contributed by atoms with van der Waals surface area (Å²) in [5, 5.41) is 11.2. The van der Waals surface area contributed by atoms with E-state index >= 15 is 0 Å². The molecule has 0 aliphatic carbocycles. The fraction of sp³-hybridized carbons (Fsp3) is 0.429. The van der Waals surface area contributed by atoms with Crippen LogP contribution in [0.4, 0.5) is 0 Å². The molecule has 19 heavy (non-hydrogen) atoms. The Morgan fingerprint density at radius 3 is 2.53 bits per heavy atom. The van der Waals surface area contributed by atoms with Gasteiger partial charge in [-0.2, -0.15) is 0 Å². The fourth-order valence-corrected chi connectivity index (χ4v) is 1.69. The third-order valence-corrected chi connectivity index (χ3v) is 2.78. The summed E-state index contributed by atoms with van der Waals surface area (Å²) >= 11 is 0. The molecule has 1 amide bonds. The van der Waals surface area contributed by atoms with Gasteiger partial charge in [0.2, 0.25) is 5.91 Å². The first kappa shape index (κ1) is 15.2. The van der Waals surface area contributed by atoms with Crippen molar-refractivity contribution in [2.75, 3.05) is 6.54 Å². The molecule has 1 atom stereocenters. The van der Waals surface area contributed by atoms with Gasteiger partial charge in [0.05, 0.1) is 6.42 Å². The highest BCUT2D eigenvalue weighted by Crippen LogP contribution is 2.03. The van der Waals surface area contributed by atoms with Crippen molar-refractivity contribution in [2.45, 2.75) is 31.7 Å². The average molecular weight is 264 g/mol. The molecule has 0 radical (unpaired) electrons. The number of unbranched alkanes of at least 4 members (excludes halogenated alkanes) is 1. The fourth-order valence-electron chi connectivity index (χ4n) is 1.69. The van der Waals surface area contributed by atoms with Gasteiger partial charge in [0.25, 0.3) is 0 Å². The number of aliphatic carboxylic acids is 1. The number of hydrogen-bond acceptors (Lipinski definition) is 3. The Kier molecular flexibility index (Phi) is 6.60. The lowest BCUT2D eigenvalue weighted by Crippen LogP contribution is -2.37. The molecule has 1 aromatic rings. The molecule has 0 saturated heterocycles. The third-order valence-electron chi connectivity index (χ3n) is 2.78. The Labute approximate surface area is 112 Å². The molecule has 1 rings (SSSR count). The second-order valence-electron chi connectivity index (χ2n) is 4.44. The number of rotatable bonds is 8. The monoisotopic (exact) mass is 264 g/mol. The molecular formula is C14H20N2O3. The molecule has 5 heteroatoms. The molecule has 0 bridgehead atoms. The van der Waals surface area contributed by atoms with Crippen LogP contribution in [0.1, 0.15) is 24.8 Å². The van der Waals surface area contributed by atoms with Crippen molar-refractivity contribution in [1.82, 2.24) is 5.32 Å². The Morgan fingerprint density at radius 1 is 1.21 bits per heavy atom. The SMILES string of the molecule is N[C@@H](CC(=O)NCCCCc1ccccc1)C(=O)O. The third kappa shape index (κ3) is 6.57. The van der Waals surface area contributed by atoms with E-state index in [2.05, 4.69) is 17.4 Å². The van der Waals surface area contributed by atoms with Crippen molar-refractivity contribution in [3.8, 4) is 0 Å². The van der Waals surface area contributed by atoms with Gasteiger partial charge in [0.1, 0.15) is 6.04 Å². The maximum absolute atomic E-state index is 11.3. The molecule has 1 aromatic carbocycles. The van der Waals surface area contributed by atoms with E-state index in [0.29, 0.717) is 6.54 Å². The minimum absolute atomic E-state index is 0.173. The number of carbonyl (C=O) groups excluding carboxylic acids is 1. The Balaban J connectivity index is 2.08. The Hall–Kier alpha value is -1.88. The van der Waals surface area contributed by atoms with Gasteiger partial charge in [-0.05, 0) is 24.8 Å². The van der Waals surface area contributed by atoms with Crippen molar-refractivity contribution in [3.63, 3.8) is 0 Å². The zero-order valence-electron chi connectivity index (χ0n) is 10.8. The number of nitrogens with two attached hydrogens (primary N) is 1. The zero-order valence-corrected chi connectivity index (χ0v) is 10.8. The van der Waals surface area contributed by atoms with E-state index in [0.717, 1.165) is 19.3 Å². The number of aryl methyl sites for hydroxylation is 1. The van der Waals surface area contributed by atoms with Crippen LogP contribution in [-0.4, -0.2) is 29.6 Å². The number of carboxylic acids is 1.